The van der Waals surface area contributed by atoms with E-state index in [2.05, 4.69) is 20.9 Å². The minimum absolute atomic E-state index is 0.0445. The van der Waals surface area contributed by atoms with Crippen molar-refractivity contribution in [3.05, 3.63) is 33.0 Å². The van der Waals surface area contributed by atoms with Crippen LogP contribution >= 0.6 is 15.9 Å². The lowest BCUT2D eigenvalue weighted by Gasteiger charge is -1.97. The highest BCUT2D eigenvalue weighted by molar-refractivity contribution is 9.10. The van der Waals surface area contributed by atoms with Gasteiger partial charge in [0.25, 0.3) is 5.69 Å². The molecule has 0 aliphatic heterocycles. The van der Waals surface area contributed by atoms with Crippen molar-refractivity contribution in [2.75, 3.05) is 0 Å². The summed E-state index contributed by atoms with van der Waals surface area (Å²) in [7, 11) is 1.84. The first-order valence-corrected chi connectivity index (χ1v) is 4.64. The Hall–Kier alpha value is -1.43. The zero-order valence-electron chi connectivity index (χ0n) is 7.27. The number of non-ortho nitro benzene ring substituents is 1. The number of aryl methyl sites for hydroxylation is 1. The van der Waals surface area contributed by atoms with Crippen LogP contribution in [0.15, 0.2) is 22.9 Å². The SMILES string of the molecule is Cn1cnc2cc([N+](=O)[O-])cc(Br)c21. The second-order valence-electron chi connectivity index (χ2n) is 2.91. The van der Waals surface area contributed by atoms with Crippen molar-refractivity contribution in [1.29, 1.82) is 0 Å². The van der Waals surface area contributed by atoms with Gasteiger partial charge in [-0.1, -0.05) is 0 Å². The number of halogens is 1. The van der Waals surface area contributed by atoms with Crippen LogP contribution in [0.4, 0.5) is 5.69 Å². The summed E-state index contributed by atoms with van der Waals surface area (Å²) in [5.74, 6) is 0. The van der Waals surface area contributed by atoms with Gasteiger partial charge in [0.2, 0.25) is 0 Å². The van der Waals surface area contributed by atoms with Gasteiger partial charge in [-0.05, 0) is 15.9 Å². The molecule has 14 heavy (non-hydrogen) atoms. The van der Waals surface area contributed by atoms with Gasteiger partial charge >= 0.3 is 0 Å². The number of imidazole rings is 1. The zero-order chi connectivity index (χ0) is 10.3. The lowest BCUT2D eigenvalue weighted by molar-refractivity contribution is -0.384. The standard InChI is InChI=1S/C8H6BrN3O2/c1-11-4-10-7-3-5(12(13)14)2-6(9)8(7)11/h2-4H,1H3. The van der Waals surface area contributed by atoms with Crippen molar-refractivity contribution in [3.63, 3.8) is 0 Å². The summed E-state index contributed by atoms with van der Waals surface area (Å²) in [6.45, 7) is 0. The fourth-order valence-corrected chi connectivity index (χ4v) is 2.05. The summed E-state index contributed by atoms with van der Waals surface area (Å²) in [5, 5.41) is 10.6. The number of nitro benzene ring substituents is 1. The van der Waals surface area contributed by atoms with Gasteiger partial charge in [0.15, 0.2) is 0 Å². The second kappa shape index (κ2) is 3.06. The highest BCUT2D eigenvalue weighted by Crippen LogP contribution is 2.27. The summed E-state index contributed by atoms with van der Waals surface area (Å²) < 4.78 is 2.49. The number of nitrogens with zero attached hydrogens (tertiary/aromatic N) is 3. The molecule has 0 amide bonds. The van der Waals surface area contributed by atoms with Crippen molar-refractivity contribution < 1.29 is 4.92 Å². The molecule has 0 radical (unpaired) electrons. The van der Waals surface area contributed by atoms with E-state index in [1.807, 2.05) is 11.6 Å². The summed E-state index contributed by atoms with van der Waals surface area (Å²) in [4.78, 5) is 14.2. The fraction of sp³-hybridized carbons (Fsp3) is 0.125. The first-order valence-electron chi connectivity index (χ1n) is 3.84. The van der Waals surface area contributed by atoms with Gasteiger partial charge in [-0.2, -0.15) is 0 Å². The Morgan fingerprint density at radius 1 is 1.57 bits per heavy atom. The minimum Gasteiger partial charge on any atom is -0.333 e. The highest BCUT2D eigenvalue weighted by Gasteiger charge is 2.12. The van der Waals surface area contributed by atoms with Crippen molar-refractivity contribution in [2.45, 2.75) is 0 Å². The smallest absolute Gasteiger partial charge is 0.272 e. The molecule has 0 saturated heterocycles. The lowest BCUT2D eigenvalue weighted by Crippen LogP contribution is -1.90. The molecule has 0 aliphatic rings. The number of aromatic nitrogens is 2. The van der Waals surface area contributed by atoms with Crippen LogP contribution in [0.5, 0.6) is 0 Å². The quantitative estimate of drug-likeness (QED) is 0.580. The van der Waals surface area contributed by atoms with E-state index in [0.29, 0.717) is 9.99 Å². The first-order chi connectivity index (χ1) is 6.59. The largest absolute Gasteiger partial charge is 0.333 e. The van der Waals surface area contributed by atoms with Gasteiger partial charge in [-0.15, -0.1) is 0 Å². The molecule has 0 saturated carbocycles. The average molecular weight is 256 g/mol. The van der Waals surface area contributed by atoms with Gasteiger partial charge in [-0.3, -0.25) is 10.1 Å². The normalized spacial score (nSPS) is 10.7. The molecule has 0 N–H and O–H groups in total. The lowest BCUT2D eigenvalue weighted by atomic mass is 10.3. The molecule has 6 heteroatoms. The minimum atomic E-state index is -0.432. The molecule has 1 aromatic carbocycles. The first kappa shape index (κ1) is 9.14. The summed E-state index contributed by atoms with van der Waals surface area (Å²) in [5.41, 5.74) is 1.52. The third kappa shape index (κ3) is 1.27. The second-order valence-corrected chi connectivity index (χ2v) is 3.76. The Bertz CT molecular complexity index is 521. The molecule has 0 atom stereocenters. The van der Waals surface area contributed by atoms with Crippen LogP contribution in [0.2, 0.25) is 0 Å². The summed E-state index contributed by atoms with van der Waals surface area (Å²) in [6.07, 6.45) is 1.62. The molecule has 0 bridgehead atoms. The van der Waals surface area contributed by atoms with Crippen molar-refractivity contribution in [2.24, 2.45) is 7.05 Å². The van der Waals surface area contributed by atoms with Crippen molar-refractivity contribution >= 4 is 32.7 Å². The van der Waals surface area contributed by atoms with Crippen LogP contribution in [-0.4, -0.2) is 14.5 Å². The number of rotatable bonds is 1. The third-order valence-corrected chi connectivity index (χ3v) is 2.57. The van der Waals surface area contributed by atoms with Gasteiger partial charge in [0, 0.05) is 19.2 Å². The molecule has 5 nitrogen and oxygen atoms in total. The van der Waals surface area contributed by atoms with E-state index < -0.39 is 4.92 Å². The molecular weight excluding hydrogens is 250 g/mol. The molecule has 0 fully saturated rings. The number of nitro groups is 1. The fourth-order valence-electron chi connectivity index (χ4n) is 1.33. The van der Waals surface area contributed by atoms with Gasteiger partial charge in [-0.25, -0.2) is 4.98 Å². The number of hydrogen-bond donors (Lipinski definition) is 0. The number of fused-ring (bicyclic) bond motifs is 1. The number of hydrogen-bond acceptors (Lipinski definition) is 3. The molecule has 0 aliphatic carbocycles. The van der Waals surface area contributed by atoms with Crippen LogP contribution in [0.1, 0.15) is 0 Å². The topological polar surface area (TPSA) is 61.0 Å². The number of benzene rings is 1. The molecule has 2 aromatic rings. The molecule has 2 rings (SSSR count). The van der Waals surface area contributed by atoms with Crippen LogP contribution in [0, 0.1) is 10.1 Å². The van der Waals surface area contributed by atoms with Crippen LogP contribution < -0.4 is 0 Å². The Labute approximate surface area is 87.6 Å². The van der Waals surface area contributed by atoms with E-state index in [4.69, 9.17) is 0 Å². The maximum Gasteiger partial charge on any atom is 0.272 e. The van der Waals surface area contributed by atoms with Crippen LogP contribution in [0.25, 0.3) is 11.0 Å². The monoisotopic (exact) mass is 255 g/mol. The van der Waals surface area contributed by atoms with E-state index in [9.17, 15) is 10.1 Å². The molecule has 0 unspecified atom stereocenters. The van der Waals surface area contributed by atoms with Gasteiger partial charge < -0.3 is 4.57 Å². The molecule has 72 valence electrons. The average Bonchev–Trinajstić information content (AvgIpc) is 2.48. The van der Waals surface area contributed by atoms with E-state index in [1.54, 1.807) is 6.33 Å². The van der Waals surface area contributed by atoms with Crippen molar-refractivity contribution in [1.82, 2.24) is 9.55 Å². The maximum absolute atomic E-state index is 10.6. The predicted octanol–water partition coefficient (Wildman–Crippen LogP) is 2.24. The third-order valence-electron chi connectivity index (χ3n) is 1.96. The van der Waals surface area contributed by atoms with Crippen LogP contribution in [-0.2, 0) is 7.05 Å². The van der Waals surface area contributed by atoms with E-state index >= 15 is 0 Å². The van der Waals surface area contributed by atoms with Crippen LogP contribution in [0.3, 0.4) is 0 Å². The Kier molecular flexibility index (Phi) is 1.99. The van der Waals surface area contributed by atoms with Gasteiger partial charge in [0.1, 0.15) is 0 Å². The molecular formula is C8H6BrN3O2. The zero-order valence-corrected chi connectivity index (χ0v) is 8.85. The van der Waals surface area contributed by atoms with Crippen molar-refractivity contribution in [3.8, 4) is 0 Å². The Morgan fingerprint density at radius 2 is 2.29 bits per heavy atom. The molecule has 1 heterocycles. The predicted molar refractivity (Wildman–Crippen MR) is 55.1 cm³/mol. The Balaban J connectivity index is 2.80. The molecule has 1 aromatic heterocycles. The summed E-state index contributed by atoms with van der Waals surface area (Å²) >= 11 is 3.28. The molecule has 0 spiro atoms. The van der Waals surface area contributed by atoms with E-state index in [1.165, 1.54) is 12.1 Å². The van der Waals surface area contributed by atoms with E-state index in [-0.39, 0.29) is 5.69 Å². The van der Waals surface area contributed by atoms with E-state index in [0.717, 1.165) is 5.52 Å². The highest BCUT2D eigenvalue weighted by atomic mass is 79.9. The maximum atomic E-state index is 10.6. The van der Waals surface area contributed by atoms with Gasteiger partial charge in [0.05, 0.1) is 26.8 Å². The summed E-state index contributed by atoms with van der Waals surface area (Å²) in [6, 6.07) is 2.93. The Morgan fingerprint density at radius 3 is 2.93 bits per heavy atom.